The number of carboxylic acids is 1. The first-order valence-electron chi connectivity index (χ1n) is 8.78. The van der Waals surface area contributed by atoms with Gasteiger partial charge in [-0.15, -0.1) is 0 Å². The molecule has 0 saturated heterocycles. The Bertz CT molecular complexity index is 817. The molecule has 2 heterocycles. The highest BCUT2D eigenvalue weighted by atomic mass is 16.7. The fourth-order valence-corrected chi connectivity index (χ4v) is 3.79. The number of carboxylic acid groups (broad SMARTS) is 1. The second-order valence-electron chi connectivity index (χ2n) is 6.68. The first-order chi connectivity index (χ1) is 12.2. The van der Waals surface area contributed by atoms with Crippen molar-refractivity contribution in [1.82, 2.24) is 4.98 Å². The number of unbranched alkanes of at least 4 members (excludes halogenated alkanes) is 1. The summed E-state index contributed by atoms with van der Waals surface area (Å²) in [6, 6.07) is 9.80. The van der Waals surface area contributed by atoms with Crippen molar-refractivity contribution in [3.05, 3.63) is 52.8 Å². The smallest absolute Gasteiger partial charge is 0.307 e. The van der Waals surface area contributed by atoms with Crippen molar-refractivity contribution in [3.63, 3.8) is 0 Å². The average Bonchev–Trinajstić information content (AvgIpc) is 3.22. The van der Waals surface area contributed by atoms with E-state index in [-0.39, 0.29) is 12.7 Å². The van der Waals surface area contributed by atoms with Crippen molar-refractivity contribution < 1.29 is 19.4 Å². The Balaban J connectivity index is 1.72. The normalized spacial score (nSPS) is 20.5. The maximum atomic E-state index is 11.9. The van der Waals surface area contributed by atoms with Gasteiger partial charge in [0.25, 0.3) is 0 Å². The van der Waals surface area contributed by atoms with Gasteiger partial charge >= 0.3 is 5.97 Å². The van der Waals surface area contributed by atoms with Crippen molar-refractivity contribution in [2.24, 2.45) is 5.92 Å². The summed E-state index contributed by atoms with van der Waals surface area (Å²) in [4.78, 5) is 16.6. The number of hydrogen-bond acceptors (Lipinski definition) is 4. The van der Waals surface area contributed by atoms with Gasteiger partial charge in [0.1, 0.15) is 0 Å². The fraction of sp³-hybridized carbons (Fsp3) is 0.400. The molecule has 0 unspecified atom stereocenters. The van der Waals surface area contributed by atoms with Crippen LogP contribution < -0.4 is 9.47 Å². The second-order valence-corrected chi connectivity index (χ2v) is 6.68. The van der Waals surface area contributed by atoms with E-state index in [4.69, 9.17) is 14.5 Å². The van der Waals surface area contributed by atoms with Crippen molar-refractivity contribution in [1.29, 1.82) is 0 Å². The van der Waals surface area contributed by atoms with Crippen LogP contribution in [-0.4, -0.2) is 22.9 Å². The standard InChI is InChI=1S/C20H21NO4/c1-2-3-4-13-6-7-14-16(21-13)10-15(20(22)23)19(14)12-5-8-17-18(9-12)25-11-24-17/h5-9,15,19H,2-4,10-11H2,1H3,(H,22,23)/t15-,19-/m0/s1. The molecule has 4 rings (SSSR count). The molecule has 5 heteroatoms. The Kier molecular flexibility index (Phi) is 4.07. The predicted molar refractivity (Wildman–Crippen MR) is 92.1 cm³/mol. The number of rotatable bonds is 5. The van der Waals surface area contributed by atoms with Crippen LogP contribution in [0.2, 0.25) is 0 Å². The van der Waals surface area contributed by atoms with Crippen molar-refractivity contribution in [2.75, 3.05) is 6.79 Å². The summed E-state index contributed by atoms with van der Waals surface area (Å²) in [6.45, 7) is 2.37. The van der Waals surface area contributed by atoms with Crippen LogP contribution in [0.4, 0.5) is 0 Å². The van der Waals surface area contributed by atoms with Crippen LogP contribution in [0.1, 0.15) is 48.2 Å². The molecule has 0 amide bonds. The molecule has 1 aromatic carbocycles. The monoisotopic (exact) mass is 339 g/mol. The van der Waals surface area contributed by atoms with Crippen LogP contribution in [0, 0.1) is 5.92 Å². The highest BCUT2D eigenvalue weighted by molar-refractivity contribution is 5.74. The third kappa shape index (κ3) is 2.84. The predicted octanol–water partition coefficient (Wildman–Crippen LogP) is 3.54. The highest BCUT2D eigenvalue weighted by Crippen LogP contribution is 2.44. The lowest BCUT2D eigenvalue weighted by atomic mass is 9.86. The molecule has 1 aliphatic carbocycles. The van der Waals surface area contributed by atoms with Gasteiger partial charge in [-0.2, -0.15) is 0 Å². The van der Waals surface area contributed by atoms with Gasteiger partial charge in [0.15, 0.2) is 11.5 Å². The van der Waals surface area contributed by atoms with Crippen LogP contribution in [0.15, 0.2) is 30.3 Å². The number of nitrogens with zero attached hydrogens (tertiary/aromatic N) is 1. The van der Waals surface area contributed by atoms with Crippen molar-refractivity contribution in [2.45, 2.75) is 38.5 Å². The van der Waals surface area contributed by atoms with Crippen LogP contribution in [0.25, 0.3) is 0 Å². The third-order valence-electron chi connectivity index (χ3n) is 5.08. The number of benzene rings is 1. The van der Waals surface area contributed by atoms with E-state index in [1.165, 1.54) is 0 Å². The molecule has 2 atom stereocenters. The highest BCUT2D eigenvalue weighted by Gasteiger charge is 2.39. The molecular weight excluding hydrogens is 318 g/mol. The summed E-state index contributed by atoms with van der Waals surface area (Å²) in [5.74, 6) is -0.0840. The molecule has 0 saturated carbocycles. The van der Waals surface area contributed by atoms with Crippen LogP contribution in [-0.2, 0) is 17.6 Å². The average molecular weight is 339 g/mol. The summed E-state index contributed by atoms with van der Waals surface area (Å²) >= 11 is 0. The number of hydrogen-bond donors (Lipinski definition) is 1. The Morgan fingerprint density at radius 2 is 2.08 bits per heavy atom. The molecule has 0 bridgehead atoms. The molecule has 2 aromatic rings. The van der Waals surface area contributed by atoms with E-state index < -0.39 is 11.9 Å². The van der Waals surface area contributed by atoms with Gasteiger partial charge < -0.3 is 14.6 Å². The van der Waals surface area contributed by atoms with E-state index in [0.29, 0.717) is 17.9 Å². The number of pyridine rings is 1. The zero-order chi connectivity index (χ0) is 17.4. The van der Waals surface area contributed by atoms with E-state index in [9.17, 15) is 9.90 Å². The Labute approximate surface area is 146 Å². The van der Waals surface area contributed by atoms with Crippen molar-refractivity contribution in [3.8, 4) is 11.5 Å². The van der Waals surface area contributed by atoms with Gasteiger partial charge in [-0.25, -0.2) is 0 Å². The van der Waals surface area contributed by atoms with Gasteiger partial charge in [0.05, 0.1) is 5.92 Å². The van der Waals surface area contributed by atoms with E-state index >= 15 is 0 Å². The molecule has 0 fully saturated rings. The number of ether oxygens (including phenoxy) is 2. The van der Waals surface area contributed by atoms with E-state index in [1.54, 1.807) is 0 Å². The minimum Gasteiger partial charge on any atom is -0.481 e. The van der Waals surface area contributed by atoms with Gasteiger partial charge in [-0.05, 0) is 42.2 Å². The zero-order valence-corrected chi connectivity index (χ0v) is 14.2. The lowest BCUT2D eigenvalue weighted by Crippen LogP contribution is -2.19. The maximum Gasteiger partial charge on any atom is 0.307 e. The molecule has 1 N–H and O–H groups in total. The molecule has 5 nitrogen and oxygen atoms in total. The first-order valence-corrected chi connectivity index (χ1v) is 8.78. The Morgan fingerprint density at radius 3 is 2.88 bits per heavy atom. The van der Waals surface area contributed by atoms with Gasteiger partial charge in [-0.3, -0.25) is 9.78 Å². The molecule has 25 heavy (non-hydrogen) atoms. The fourth-order valence-electron chi connectivity index (χ4n) is 3.79. The van der Waals surface area contributed by atoms with E-state index in [2.05, 4.69) is 13.0 Å². The number of fused-ring (bicyclic) bond motifs is 2. The minimum atomic E-state index is -0.782. The lowest BCUT2D eigenvalue weighted by molar-refractivity contribution is -0.141. The molecule has 2 aliphatic rings. The summed E-state index contributed by atoms with van der Waals surface area (Å²) in [7, 11) is 0. The molecule has 130 valence electrons. The van der Waals surface area contributed by atoms with E-state index in [1.807, 2.05) is 24.3 Å². The van der Waals surface area contributed by atoms with Crippen LogP contribution >= 0.6 is 0 Å². The SMILES string of the molecule is CCCCc1ccc2c(n1)C[C@H](C(=O)O)[C@H]2c1ccc2c(c1)OCO2. The molecule has 0 radical (unpaired) electrons. The second kappa shape index (κ2) is 6.39. The lowest BCUT2D eigenvalue weighted by Gasteiger charge is -2.18. The zero-order valence-electron chi connectivity index (χ0n) is 14.2. The number of aromatic nitrogens is 1. The Morgan fingerprint density at radius 1 is 1.24 bits per heavy atom. The summed E-state index contributed by atoms with van der Waals surface area (Å²) in [5, 5.41) is 9.74. The third-order valence-corrected chi connectivity index (χ3v) is 5.08. The van der Waals surface area contributed by atoms with Crippen molar-refractivity contribution >= 4 is 5.97 Å². The van der Waals surface area contributed by atoms with Gasteiger partial charge in [0.2, 0.25) is 6.79 Å². The van der Waals surface area contributed by atoms with Crippen LogP contribution in [0.5, 0.6) is 11.5 Å². The van der Waals surface area contributed by atoms with E-state index in [0.717, 1.165) is 41.8 Å². The molecular formula is C20H21NO4. The minimum absolute atomic E-state index is 0.199. The number of aryl methyl sites for hydroxylation is 1. The number of aliphatic carboxylic acids is 1. The van der Waals surface area contributed by atoms with Gasteiger partial charge in [-0.1, -0.05) is 25.5 Å². The topological polar surface area (TPSA) is 68.7 Å². The number of carbonyl (C=O) groups is 1. The largest absolute Gasteiger partial charge is 0.481 e. The van der Waals surface area contributed by atoms with Gasteiger partial charge in [0, 0.05) is 23.7 Å². The Hall–Kier alpha value is -2.56. The summed E-state index contributed by atoms with van der Waals surface area (Å²) < 4.78 is 10.8. The first kappa shape index (κ1) is 15.9. The maximum absolute atomic E-state index is 11.9. The quantitative estimate of drug-likeness (QED) is 0.902. The molecule has 0 spiro atoms. The molecule has 1 aromatic heterocycles. The van der Waals surface area contributed by atoms with Crippen LogP contribution in [0.3, 0.4) is 0 Å². The molecule has 1 aliphatic heterocycles. The summed E-state index contributed by atoms with van der Waals surface area (Å²) in [5.41, 5.74) is 3.93. The summed E-state index contributed by atoms with van der Waals surface area (Å²) in [6.07, 6.45) is 3.63.